The van der Waals surface area contributed by atoms with Crippen LogP contribution < -0.4 is 4.72 Å². The SMILES string of the molecule is O=C(O)C=Cc1ccc(NS(=O)(=O)CN(F)F)cc1. The molecule has 0 aliphatic heterocycles. The minimum atomic E-state index is -4.16. The normalized spacial score (nSPS) is 11.9. The Labute approximate surface area is 107 Å². The van der Waals surface area contributed by atoms with Crippen LogP contribution in [0.15, 0.2) is 30.3 Å². The van der Waals surface area contributed by atoms with Crippen molar-refractivity contribution in [2.45, 2.75) is 0 Å². The summed E-state index contributed by atoms with van der Waals surface area (Å²) in [5.74, 6) is -2.55. The Bertz CT molecular complexity index is 570. The van der Waals surface area contributed by atoms with Gasteiger partial charge < -0.3 is 5.11 Å². The fourth-order valence-electron chi connectivity index (χ4n) is 1.17. The Morgan fingerprint density at radius 2 is 1.89 bits per heavy atom. The number of anilines is 1. The van der Waals surface area contributed by atoms with Crippen LogP contribution in [0.3, 0.4) is 0 Å². The lowest BCUT2D eigenvalue weighted by Gasteiger charge is -2.07. The molecule has 0 aliphatic rings. The van der Waals surface area contributed by atoms with Gasteiger partial charge in [0.25, 0.3) is 10.0 Å². The van der Waals surface area contributed by atoms with Crippen molar-refractivity contribution in [3.63, 3.8) is 0 Å². The number of hydrogen-bond donors (Lipinski definition) is 2. The molecular weight excluding hydrogens is 282 g/mol. The molecule has 104 valence electrons. The maximum absolute atomic E-state index is 11.8. The number of halogens is 2. The lowest BCUT2D eigenvalue weighted by molar-refractivity contribution is -0.135. The molecule has 0 spiro atoms. The molecule has 1 rings (SSSR count). The Hall–Kier alpha value is -2.00. The van der Waals surface area contributed by atoms with Gasteiger partial charge in [-0.3, -0.25) is 4.72 Å². The molecular formula is C10H10F2N2O4S. The number of rotatable bonds is 6. The number of sulfonamides is 1. The number of carboxylic acids is 1. The first-order valence-corrected chi connectivity index (χ1v) is 6.54. The zero-order valence-electron chi connectivity index (χ0n) is 9.45. The van der Waals surface area contributed by atoms with E-state index in [4.69, 9.17) is 5.11 Å². The average molecular weight is 292 g/mol. The van der Waals surface area contributed by atoms with Gasteiger partial charge in [0, 0.05) is 17.1 Å². The molecule has 6 nitrogen and oxygen atoms in total. The van der Waals surface area contributed by atoms with Gasteiger partial charge in [0.1, 0.15) is 0 Å². The molecule has 0 atom stereocenters. The smallest absolute Gasteiger partial charge is 0.328 e. The van der Waals surface area contributed by atoms with E-state index in [1.165, 1.54) is 30.3 Å². The molecule has 0 heterocycles. The first kappa shape index (κ1) is 15.1. The number of nitrogens with one attached hydrogen (secondary N) is 1. The van der Waals surface area contributed by atoms with Crippen molar-refractivity contribution in [2.75, 3.05) is 10.6 Å². The van der Waals surface area contributed by atoms with E-state index in [0.29, 0.717) is 5.56 Å². The number of carboxylic acid groups (broad SMARTS) is 1. The summed E-state index contributed by atoms with van der Waals surface area (Å²) in [6.07, 6.45) is 2.23. The summed E-state index contributed by atoms with van der Waals surface area (Å²) in [5, 5.41) is 6.96. The van der Waals surface area contributed by atoms with Gasteiger partial charge in [0.2, 0.25) is 0 Å². The lowest BCUT2D eigenvalue weighted by Crippen LogP contribution is -2.22. The molecule has 0 saturated heterocycles. The van der Waals surface area contributed by atoms with Gasteiger partial charge in [-0.2, -0.15) is 0 Å². The highest BCUT2D eigenvalue weighted by atomic mass is 32.2. The van der Waals surface area contributed by atoms with Crippen LogP contribution in [0.1, 0.15) is 5.56 Å². The van der Waals surface area contributed by atoms with Crippen molar-refractivity contribution in [1.82, 2.24) is 5.34 Å². The van der Waals surface area contributed by atoms with Gasteiger partial charge in [-0.1, -0.05) is 12.1 Å². The number of aliphatic carboxylic acids is 1. The van der Waals surface area contributed by atoms with Crippen LogP contribution in [0.4, 0.5) is 14.6 Å². The summed E-state index contributed by atoms with van der Waals surface area (Å²) in [4.78, 5) is 10.3. The minimum Gasteiger partial charge on any atom is -0.478 e. The molecule has 0 saturated carbocycles. The Morgan fingerprint density at radius 3 is 2.37 bits per heavy atom. The highest BCUT2D eigenvalue weighted by Gasteiger charge is 2.15. The van der Waals surface area contributed by atoms with Gasteiger partial charge in [0.15, 0.2) is 5.88 Å². The van der Waals surface area contributed by atoms with Crippen LogP contribution in [0.2, 0.25) is 0 Å². The summed E-state index contributed by atoms with van der Waals surface area (Å²) in [6.45, 7) is 0. The van der Waals surface area contributed by atoms with Crippen LogP contribution in [0.25, 0.3) is 6.08 Å². The van der Waals surface area contributed by atoms with E-state index < -0.39 is 27.2 Å². The third-order valence-electron chi connectivity index (χ3n) is 1.87. The van der Waals surface area contributed by atoms with Crippen molar-refractivity contribution in [2.24, 2.45) is 0 Å². The van der Waals surface area contributed by atoms with Crippen molar-refractivity contribution < 1.29 is 27.3 Å². The third-order valence-corrected chi connectivity index (χ3v) is 2.95. The van der Waals surface area contributed by atoms with E-state index in [1.807, 2.05) is 4.72 Å². The fourth-order valence-corrected chi connectivity index (χ4v) is 1.99. The lowest BCUT2D eigenvalue weighted by atomic mass is 10.2. The second kappa shape index (κ2) is 6.25. The van der Waals surface area contributed by atoms with Gasteiger partial charge in [-0.05, 0) is 23.8 Å². The molecule has 0 bridgehead atoms. The Morgan fingerprint density at radius 1 is 1.32 bits per heavy atom. The predicted octanol–water partition coefficient (Wildman–Crippen LogP) is 1.55. The number of hydrogen-bond acceptors (Lipinski definition) is 4. The predicted molar refractivity (Wildman–Crippen MR) is 64.6 cm³/mol. The first-order valence-electron chi connectivity index (χ1n) is 4.89. The maximum atomic E-state index is 11.8. The first-order chi connectivity index (χ1) is 8.78. The molecule has 0 unspecified atom stereocenters. The van der Waals surface area contributed by atoms with E-state index in [2.05, 4.69) is 0 Å². The van der Waals surface area contributed by atoms with Crippen LogP contribution in [0.5, 0.6) is 0 Å². The molecule has 0 radical (unpaired) electrons. The van der Waals surface area contributed by atoms with E-state index in [-0.39, 0.29) is 5.69 Å². The molecule has 9 heteroatoms. The number of carbonyl (C=O) groups is 1. The molecule has 0 fully saturated rings. The molecule has 1 aromatic rings. The van der Waals surface area contributed by atoms with E-state index in [1.54, 1.807) is 0 Å². The quantitative estimate of drug-likeness (QED) is 0.613. The average Bonchev–Trinajstić information content (AvgIpc) is 2.25. The zero-order chi connectivity index (χ0) is 14.5. The van der Waals surface area contributed by atoms with Gasteiger partial charge in [0.05, 0.1) is 0 Å². The van der Waals surface area contributed by atoms with Crippen LogP contribution in [0, 0.1) is 0 Å². The monoisotopic (exact) mass is 292 g/mol. The summed E-state index contributed by atoms with van der Waals surface area (Å²) in [6, 6.07) is 5.56. The molecule has 1 aromatic carbocycles. The molecule has 2 N–H and O–H groups in total. The number of benzene rings is 1. The van der Waals surface area contributed by atoms with Crippen LogP contribution in [-0.2, 0) is 14.8 Å². The van der Waals surface area contributed by atoms with Crippen LogP contribution >= 0.6 is 0 Å². The summed E-state index contributed by atoms with van der Waals surface area (Å²) >= 11 is 0. The topological polar surface area (TPSA) is 86.7 Å². The van der Waals surface area contributed by atoms with Crippen molar-refractivity contribution >= 4 is 27.8 Å². The Kier molecular flexibility index (Phi) is 4.95. The Balaban J connectivity index is 2.75. The summed E-state index contributed by atoms with van der Waals surface area (Å²) in [5.41, 5.74) is 0.636. The molecule has 19 heavy (non-hydrogen) atoms. The van der Waals surface area contributed by atoms with Gasteiger partial charge >= 0.3 is 5.97 Å². The van der Waals surface area contributed by atoms with Crippen molar-refractivity contribution in [3.05, 3.63) is 35.9 Å². The largest absolute Gasteiger partial charge is 0.478 e. The highest BCUT2D eigenvalue weighted by molar-refractivity contribution is 7.92. The maximum Gasteiger partial charge on any atom is 0.328 e. The molecule has 0 aromatic heterocycles. The van der Waals surface area contributed by atoms with Gasteiger partial charge in [-0.15, -0.1) is 8.96 Å². The summed E-state index contributed by atoms with van der Waals surface area (Å²) in [7, 11) is -4.16. The van der Waals surface area contributed by atoms with Crippen molar-refractivity contribution in [3.8, 4) is 0 Å². The zero-order valence-corrected chi connectivity index (χ0v) is 10.3. The molecule has 0 aliphatic carbocycles. The second-order valence-electron chi connectivity index (χ2n) is 3.44. The molecule has 0 amide bonds. The van der Waals surface area contributed by atoms with Crippen LogP contribution in [-0.4, -0.2) is 30.7 Å². The van der Waals surface area contributed by atoms with E-state index >= 15 is 0 Å². The summed E-state index contributed by atoms with van der Waals surface area (Å²) < 4.78 is 48.0. The minimum absolute atomic E-state index is 0.106. The third kappa shape index (κ3) is 5.93. The van der Waals surface area contributed by atoms with Crippen molar-refractivity contribution in [1.29, 1.82) is 0 Å². The van der Waals surface area contributed by atoms with E-state index in [0.717, 1.165) is 6.08 Å². The highest BCUT2D eigenvalue weighted by Crippen LogP contribution is 2.13. The second-order valence-corrected chi connectivity index (χ2v) is 5.13. The van der Waals surface area contributed by atoms with Gasteiger partial charge in [-0.25, -0.2) is 13.2 Å². The number of nitrogens with zero attached hydrogens (tertiary/aromatic N) is 1. The standard InChI is InChI=1S/C10H10F2N2O4S/c11-14(12)7-19(17,18)13-9-4-1-8(2-5-9)3-6-10(15)16/h1-6,13H,7H2,(H,15,16). The van der Waals surface area contributed by atoms with E-state index in [9.17, 15) is 22.2 Å². The fraction of sp³-hybridized carbons (Fsp3) is 0.100.